The van der Waals surface area contributed by atoms with Crippen LogP contribution in [0.25, 0.3) is 0 Å². The summed E-state index contributed by atoms with van der Waals surface area (Å²) < 4.78 is 5.49. The summed E-state index contributed by atoms with van der Waals surface area (Å²) in [6.45, 7) is 5.41. The Morgan fingerprint density at radius 3 is 2.67 bits per heavy atom. The largest absolute Gasteiger partial charge is 0.489 e. The van der Waals surface area contributed by atoms with Crippen LogP contribution >= 0.6 is 0 Å². The molecule has 0 radical (unpaired) electrons. The Hall–Kier alpha value is -1.58. The second-order valence-corrected chi connectivity index (χ2v) is 3.64. The molecule has 15 heavy (non-hydrogen) atoms. The Balaban J connectivity index is 3.00. The van der Waals surface area contributed by atoms with Gasteiger partial charge >= 0.3 is 5.97 Å². The quantitative estimate of drug-likeness (QED) is 0.824. The summed E-state index contributed by atoms with van der Waals surface area (Å²) >= 11 is 0. The fourth-order valence-electron chi connectivity index (χ4n) is 1.23. The number of rotatable bonds is 4. The van der Waals surface area contributed by atoms with E-state index in [0.717, 1.165) is 0 Å². The lowest BCUT2D eigenvalue weighted by Crippen LogP contribution is -2.12. The van der Waals surface area contributed by atoms with Gasteiger partial charge in [-0.1, -0.05) is 0 Å². The minimum atomic E-state index is -0.866. The van der Waals surface area contributed by atoms with E-state index in [-0.39, 0.29) is 6.10 Å². The molecule has 82 valence electrons. The van der Waals surface area contributed by atoms with Gasteiger partial charge in [0.2, 0.25) is 0 Å². The highest BCUT2D eigenvalue weighted by Crippen LogP contribution is 2.26. The molecule has 1 N–H and O–H groups in total. The van der Waals surface area contributed by atoms with E-state index in [1.807, 2.05) is 13.8 Å². The van der Waals surface area contributed by atoms with Crippen molar-refractivity contribution in [3.63, 3.8) is 0 Å². The molecule has 1 aromatic rings. The van der Waals surface area contributed by atoms with Crippen molar-refractivity contribution in [2.24, 2.45) is 0 Å². The molecule has 4 heteroatoms. The Labute approximate surface area is 88.9 Å². The van der Waals surface area contributed by atoms with Crippen LogP contribution in [0.1, 0.15) is 32.3 Å². The summed E-state index contributed by atoms with van der Waals surface area (Å²) in [6.07, 6.45) is 3.13. The van der Waals surface area contributed by atoms with Crippen molar-refractivity contribution in [2.75, 3.05) is 0 Å². The van der Waals surface area contributed by atoms with Crippen molar-refractivity contribution in [2.45, 2.75) is 32.8 Å². The van der Waals surface area contributed by atoms with E-state index in [9.17, 15) is 4.79 Å². The van der Waals surface area contributed by atoms with Gasteiger partial charge in [-0.15, -0.1) is 0 Å². The topological polar surface area (TPSA) is 59.4 Å². The lowest BCUT2D eigenvalue weighted by atomic mass is 10.0. The number of hydrogen-bond donors (Lipinski definition) is 1. The minimum absolute atomic E-state index is 0.00828. The summed E-state index contributed by atoms with van der Waals surface area (Å²) in [6, 6.07) is 1.68. The normalized spacial score (nSPS) is 12.5. The first-order chi connectivity index (χ1) is 7.02. The number of nitrogens with zero attached hydrogens (tertiary/aromatic N) is 1. The molecule has 1 heterocycles. The number of carboxylic acid groups (broad SMARTS) is 1. The summed E-state index contributed by atoms with van der Waals surface area (Å²) in [4.78, 5) is 14.8. The average Bonchev–Trinajstić information content (AvgIpc) is 2.16. The van der Waals surface area contributed by atoms with Gasteiger partial charge in [0.05, 0.1) is 18.2 Å². The van der Waals surface area contributed by atoms with Gasteiger partial charge in [0.1, 0.15) is 5.75 Å². The number of pyridine rings is 1. The minimum Gasteiger partial charge on any atom is -0.489 e. The van der Waals surface area contributed by atoms with Gasteiger partial charge in [-0.3, -0.25) is 9.78 Å². The lowest BCUT2D eigenvalue weighted by molar-refractivity contribution is -0.138. The average molecular weight is 209 g/mol. The van der Waals surface area contributed by atoms with Crippen LogP contribution < -0.4 is 4.74 Å². The first kappa shape index (κ1) is 11.5. The number of ether oxygens (including phenoxy) is 1. The molecule has 0 amide bonds. The molecule has 0 fully saturated rings. The van der Waals surface area contributed by atoms with E-state index in [1.54, 1.807) is 25.4 Å². The lowest BCUT2D eigenvalue weighted by Gasteiger charge is -2.15. The molecule has 4 nitrogen and oxygen atoms in total. The number of hydrogen-bond acceptors (Lipinski definition) is 3. The van der Waals surface area contributed by atoms with E-state index in [4.69, 9.17) is 9.84 Å². The predicted molar refractivity (Wildman–Crippen MR) is 56.1 cm³/mol. The van der Waals surface area contributed by atoms with Crippen LogP contribution in [0.15, 0.2) is 18.5 Å². The Kier molecular flexibility index (Phi) is 3.66. The van der Waals surface area contributed by atoms with Crippen molar-refractivity contribution in [3.8, 4) is 5.75 Å². The van der Waals surface area contributed by atoms with E-state index in [1.165, 1.54) is 0 Å². The van der Waals surface area contributed by atoms with Crippen molar-refractivity contribution >= 4 is 5.97 Å². The third kappa shape index (κ3) is 2.94. The molecule has 1 unspecified atom stereocenters. The molecule has 1 rings (SSSR count). The van der Waals surface area contributed by atoms with E-state index >= 15 is 0 Å². The molecular formula is C11H15NO3. The van der Waals surface area contributed by atoms with Gasteiger partial charge in [0.15, 0.2) is 0 Å². The van der Waals surface area contributed by atoms with Crippen molar-refractivity contribution in [1.29, 1.82) is 0 Å². The maximum absolute atomic E-state index is 10.9. The molecule has 0 aliphatic carbocycles. The van der Waals surface area contributed by atoms with Gasteiger partial charge in [-0.2, -0.15) is 0 Å². The zero-order chi connectivity index (χ0) is 11.4. The van der Waals surface area contributed by atoms with Crippen LogP contribution in [-0.2, 0) is 4.79 Å². The van der Waals surface area contributed by atoms with Gasteiger partial charge in [0.25, 0.3) is 0 Å². The molecule has 0 aliphatic rings. The van der Waals surface area contributed by atoms with E-state index < -0.39 is 11.9 Å². The van der Waals surface area contributed by atoms with Crippen LogP contribution in [0.5, 0.6) is 5.75 Å². The molecule has 0 aliphatic heterocycles. The predicted octanol–water partition coefficient (Wildman–Crippen LogP) is 2.06. The number of carboxylic acids is 1. The number of aliphatic carboxylic acids is 1. The fourth-order valence-corrected chi connectivity index (χ4v) is 1.23. The van der Waals surface area contributed by atoms with Crippen molar-refractivity contribution in [1.82, 2.24) is 4.98 Å². The summed E-state index contributed by atoms with van der Waals surface area (Å²) in [5.41, 5.74) is 0.659. The fraction of sp³-hybridized carbons (Fsp3) is 0.455. The molecule has 1 aromatic heterocycles. The van der Waals surface area contributed by atoms with Crippen LogP contribution in [0.4, 0.5) is 0 Å². The highest BCUT2D eigenvalue weighted by Gasteiger charge is 2.18. The van der Waals surface area contributed by atoms with E-state index in [2.05, 4.69) is 4.98 Å². The Bertz CT molecular complexity index is 349. The van der Waals surface area contributed by atoms with E-state index in [0.29, 0.717) is 11.3 Å². The zero-order valence-corrected chi connectivity index (χ0v) is 9.10. The summed E-state index contributed by atoms with van der Waals surface area (Å²) in [7, 11) is 0. The van der Waals surface area contributed by atoms with Crippen molar-refractivity contribution in [3.05, 3.63) is 24.0 Å². The molecule has 0 saturated heterocycles. The highest BCUT2D eigenvalue weighted by atomic mass is 16.5. The van der Waals surface area contributed by atoms with Gasteiger partial charge in [0, 0.05) is 11.8 Å². The first-order valence-electron chi connectivity index (χ1n) is 4.85. The standard InChI is InChI=1S/C11H15NO3/c1-7(2)15-10-6-12-5-4-9(10)8(3)11(13)14/h4-8H,1-3H3,(H,13,14). The zero-order valence-electron chi connectivity index (χ0n) is 9.10. The third-order valence-electron chi connectivity index (χ3n) is 2.02. The number of carbonyl (C=O) groups is 1. The molecule has 0 aromatic carbocycles. The molecule has 1 atom stereocenters. The molecule has 0 saturated carbocycles. The molecule has 0 spiro atoms. The van der Waals surface area contributed by atoms with Gasteiger partial charge in [-0.25, -0.2) is 0 Å². The van der Waals surface area contributed by atoms with Gasteiger partial charge in [-0.05, 0) is 26.8 Å². The number of aromatic nitrogens is 1. The highest BCUT2D eigenvalue weighted by molar-refractivity contribution is 5.76. The van der Waals surface area contributed by atoms with Crippen LogP contribution in [0.3, 0.4) is 0 Å². The van der Waals surface area contributed by atoms with Crippen LogP contribution in [0.2, 0.25) is 0 Å². The maximum atomic E-state index is 10.9. The molecular weight excluding hydrogens is 194 g/mol. The smallest absolute Gasteiger partial charge is 0.310 e. The Morgan fingerprint density at radius 1 is 1.47 bits per heavy atom. The maximum Gasteiger partial charge on any atom is 0.310 e. The van der Waals surface area contributed by atoms with Crippen LogP contribution in [0, 0.1) is 0 Å². The van der Waals surface area contributed by atoms with Crippen molar-refractivity contribution < 1.29 is 14.6 Å². The molecule has 0 bridgehead atoms. The first-order valence-corrected chi connectivity index (χ1v) is 4.85. The summed E-state index contributed by atoms with van der Waals surface area (Å²) in [5.74, 6) is -0.904. The second kappa shape index (κ2) is 4.77. The Morgan fingerprint density at radius 2 is 2.13 bits per heavy atom. The monoisotopic (exact) mass is 209 g/mol. The summed E-state index contributed by atoms with van der Waals surface area (Å²) in [5, 5.41) is 8.92. The van der Waals surface area contributed by atoms with Crippen LogP contribution in [-0.4, -0.2) is 22.2 Å². The third-order valence-corrected chi connectivity index (χ3v) is 2.02. The van der Waals surface area contributed by atoms with Gasteiger partial charge < -0.3 is 9.84 Å². The second-order valence-electron chi connectivity index (χ2n) is 3.64. The SMILES string of the molecule is CC(C)Oc1cnccc1C(C)C(=O)O.